The quantitative estimate of drug-likeness (QED) is 0.499. The molecule has 5 atom stereocenters. The Morgan fingerprint density at radius 3 is 2.50 bits per heavy atom. The minimum atomic E-state index is -0.933. The van der Waals surface area contributed by atoms with Crippen LogP contribution in [0.2, 0.25) is 0 Å². The van der Waals surface area contributed by atoms with Gasteiger partial charge < -0.3 is 14.6 Å². The maximum atomic E-state index is 12.3. The number of benzene rings is 1. The second-order valence-electron chi connectivity index (χ2n) is 13.4. The predicted molar refractivity (Wildman–Crippen MR) is 154 cm³/mol. The maximum Gasteiger partial charge on any atom is 0.170 e. The van der Waals surface area contributed by atoms with E-state index in [1.165, 1.54) is 22.3 Å². The van der Waals surface area contributed by atoms with Crippen LogP contribution in [0.15, 0.2) is 47.1 Å². The summed E-state index contributed by atoms with van der Waals surface area (Å²) in [5.74, 6) is 7.43. The molecule has 5 nitrogen and oxygen atoms in total. The van der Waals surface area contributed by atoms with Gasteiger partial charge in [-0.2, -0.15) is 0 Å². The third-order valence-corrected chi connectivity index (χ3v) is 11.4. The molecule has 2 saturated heterocycles. The molecule has 1 aromatic rings. The Morgan fingerprint density at radius 1 is 1.02 bits per heavy atom. The van der Waals surface area contributed by atoms with Crippen LogP contribution in [0, 0.1) is 29.1 Å². The number of ether oxygens (including phenoxy) is 2. The first-order valence-electron chi connectivity index (χ1n) is 15.6. The lowest BCUT2D eigenvalue weighted by Gasteiger charge is -2.53. The first-order valence-corrected chi connectivity index (χ1v) is 15.6. The van der Waals surface area contributed by atoms with Gasteiger partial charge in [-0.25, -0.2) is 0 Å². The predicted octanol–water partition coefficient (Wildman–Crippen LogP) is 5.68. The Bertz CT molecular complexity index is 1300. The third-order valence-electron chi connectivity index (χ3n) is 11.4. The van der Waals surface area contributed by atoms with Gasteiger partial charge in [-0.3, -0.25) is 9.69 Å². The average molecular weight is 542 g/mol. The number of fused-ring (bicyclic) bond motifs is 4. The van der Waals surface area contributed by atoms with Crippen molar-refractivity contribution in [3.05, 3.63) is 58.2 Å². The van der Waals surface area contributed by atoms with E-state index in [9.17, 15) is 9.90 Å². The summed E-state index contributed by atoms with van der Waals surface area (Å²) in [5.41, 5.74) is 5.83. The lowest BCUT2D eigenvalue weighted by molar-refractivity contribution is -0.185. The van der Waals surface area contributed by atoms with E-state index in [-0.39, 0.29) is 22.9 Å². The number of aliphatic hydroxyl groups is 1. The summed E-state index contributed by atoms with van der Waals surface area (Å²) in [4.78, 5) is 14.8. The van der Waals surface area contributed by atoms with Crippen LogP contribution >= 0.6 is 0 Å². The number of carbonyl (C=O) groups excluding carboxylic acids is 1. The molecule has 1 N–H and O–H groups in total. The number of piperidine rings is 1. The molecule has 5 heteroatoms. The normalized spacial score (nSPS) is 36.9. The summed E-state index contributed by atoms with van der Waals surface area (Å²) >= 11 is 0. The Hall–Kier alpha value is -2.23. The first kappa shape index (κ1) is 26.7. The van der Waals surface area contributed by atoms with Crippen LogP contribution in [0.25, 0.3) is 0 Å². The van der Waals surface area contributed by atoms with E-state index in [2.05, 4.69) is 47.9 Å². The molecule has 0 bridgehead atoms. The van der Waals surface area contributed by atoms with Gasteiger partial charge in [0.15, 0.2) is 11.6 Å². The zero-order valence-electron chi connectivity index (χ0n) is 24.1. The number of allylic oxidation sites excluding steroid dienone is 4. The van der Waals surface area contributed by atoms with Gasteiger partial charge in [0.25, 0.3) is 0 Å². The number of hydrogen-bond donors (Lipinski definition) is 1. The molecule has 6 aliphatic rings. The molecule has 0 unspecified atom stereocenters. The molecule has 4 fully saturated rings. The van der Waals surface area contributed by atoms with Crippen molar-refractivity contribution in [3.63, 3.8) is 0 Å². The molecule has 40 heavy (non-hydrogen) atoms. The van der Waals surface area contributed by atoms with Crippen molar-refractivity contribution < 1.29 is 19.4 Å². The molecule has 4 aliphatic carbocycles. The zero-order chi connectivity index (χ0) is 27.5. The summed E-state index contributed by atoms with van der Waals surface area (Å²) < 4.78 is 11.8. The highest BCUT2D eigenvalue weighted by molar-refractivity contribution is 5.93. The fourth-order valence-corrected chi connectivity index (χ4v) is 9.33. The Kier molecular flexibility index (Phi) is 6.63. The van der Waals surface area contributed by atoms with Crippen LogP contribution in [-0.4, -0.2) is 53.5 Å². The van der Waals surface area contributed by atoms with Crippen LogP contribution in [0.1, 0.15) is 88.7 Å². The van der Waals surface area contributed by atoms with Crippen LogP contribution in [0.5, 0.6) is 0 Å². The van der Waals surface area contributed by atoms with Crippen molar-refractivity contribution in [2.75, 3.05) is 26.3 Å². The van der Waals surface area contributed by atoms with Gasteiger partial charge in [0.1, 0.15) is 5.60 Å². The number of ketones is 1. The van der Waals surface area contributed by atoms with E-state index in [0.29, 0.717) is 18.3 Å². The van der Waals surface area contributed by atoms with Crippen LogP contribution in [0.4, 0.5) is 0 Å². The second kappa shape index (κ2) is 9.95. The van der Waals surface area contributed by atoms with Gasteiger partial charge in [0.05, 0.1) is 13.2 Å². The van der Waals surface area contributed by atoms with E-state index in [0.717, 1.165) is 84.2 Å². The molecule has 212 valence electrons. The van der Waals surface area contributed by atoms with Crippen LogP contribution in [0.3, 0.4) is 0 Å². The number of hydrogen-bond acceptors (Lipinski definition) is 5. The molecular formula is C35H43NO4. The minimum Gasteiger partial charge on any atom is -0.377 e. The average Bonchev–Trinajstić information content (AvgIpc) is 3.51. The van der Waals surface area contributed by atoms with Gasteiger partial charge >= 0.3 is 0 Å². The molecule has 1 spiro atoms. The topological polar surface area (TPSA) is 59.0 Å². The largest absolute Gasteiger partial charge is 0.377 e. The molecule has 2 aliphatic heterocycles. The first-order chi connectivity index (χ1) is 19.3. The van der Waals surface area contributed by atoms with Gasteiger partial charge in [0, 0.05) is 50.2 Å². The molecule has 2 saturated carbocycles. The molecule has 7 rings (SSSR count). The van der Waals surface area contributed by atoms with Crippen molar-refractivity contribution in [2.45, 2.75) is 95.5 Å². The van der Waals surface area contributed by atoms with Crippen molar-refractivity contribution in [1.29, 1.82) is 0 Å². The van der Waals surface area contributed by atoms with Gasteiger partial charge in [0.2, 0.25) is 0 Å². The smallest absolute Gasteiger partial charge is 0.170 e. The fraction of sp³-hybridized carbons (Fsp3) is 0.629. The standard InChI is InChI=1S/C35H43NO4/c1-3-13-34(38)14-12-31-29-10-8-26-21-27(37)9-11-28(26)32(29)30(22-33(31,34)2)25-6-4-24(5-7-25)23-36-17-15-35(16-18-36)39-19-20-40-35/h4-7,21,29-31,38H,8-12,14-20,22-23H2,1-2H3/t29-,30+,31-,33-,34-/m0/s1. The molecule has 2 heterocycles. The van der Waals surface area contributed by atoms with E-state index in [1.54, 1.807) is 5.57 Å². The summed E-state index contributed by atoms with van der Waals surface area (Å²) in [6.45, 7) is 8.54. The molecule has 0 radical (unpaired) electrons. The van der Waals surface area contributed by atoms with E-state index in [4.69, 9.17) is 9.47 Å². The van der Waals surface area contributed by atoms with E-state index >= 15 is 0 Å². The maximum absolute atomic E-state index is 12.3. The zero-order valence-corrected chi connectivity index (χ0v) is 24.1. The number of nitrogens with zero attached hydrogens (tertiary/aromatic N) is 1. The molecule has 0 aromatic heterocycles. The molecule has 1 aromatic carbocycles. The van der Waals surface area contributed by atoms with Gasteiger partial charge in [-0.05, 0) is 85.6 Å². The van der Waals surface area contributed by atoms with Crippen molar-refractivity contribution in [1.82, 2.24) is 4.90 Å². The Labute approximate surface area is 239 Å². The monoisotopic (exact) mass is 541 g/mol. The Morgan fingerprint density at radius 2 is 1.77 bits per heavy atom. The highest BCUT2D eigenvalue weighted by Gasteiger charge is 2.62. The highest BCUT2D eigenvalue weighted by Crippen LogP contribution is 2.66. The van der Waals surface area contributed by atoms with E-state index < -0.39 is 5.60 Å². The number of rotatable bonds is 3. The number of likely N-dealkylation sites (tertiary alicyclic amines) is 1. The second-order valence-corrected chi connectivity index (χ2v) is 13.4. The number of carbonyl (C=O) groups is 1. The SMILES string of the molecule is CC#C[C@]1(O)CC[C@H]2[C@@H]3CCC4=CC(=O)CCC4=C3[C@@H](c3ccc(CN4CCC5(CC4)OCCO5)cc3)C[C@@]21C. The van der Waals surface area contributed by atoms with E-state index in [1.807, 2.05) is 13.0 Å². The van der Waals surface area contributed by atoms with Crippen LogP contribution < -0.4 is 0 Å². The van der Waals surface area contributed by atoms with Crippen molar-refractivity contribution in [3.8, 4) is 11.8 Å². The molecule has 0 amide bonds. The Balaban J connectivity index is 1.19. The lowest BCUT2D eigenvalue weighted by Crippen LogP contribution is -2.51. The van der Waals surface area contributed by atoms with Crippen molar-refractivity contribution in [2.24, 2.45) is 17.3 Å². The summed E-state index contributed by atoms with van der Waals surface area (Å²) in [7, 11) is 0. The van der Waals surface area contributed by atoms with Crippen LogP contribution in [-0.2, 0) is 20.8 Å². The van der Waals surface area contributed by atoms with Gasteiger partial charge in [-0.1, -0.05) is 42.7 Å². The lowest BCUT2D eigenvalue weighted by atomic mass is 9.51. The molecular weight excluding hydrogens is 498 g/mol. The summed E-state index contributed by atoms with van der Waals surface area (Å²) in [6, 6.07) is 9.31. The summed E-state index contributed by atoms with van der Waals surface area (Å²) in [5, 5.41) is 11.9. The minimum absolute atomic E-state index is 0.242. The van der Waals surface area contributed by atoms with Crippen molar-refractivity contribution >= 4 is 5.78 Å². The van der Waals surface area contributed by atoms with Gasteiger partial charge in [-0.15, -0.1) is 5.92 Å². The third kappa shape index (κ3) is 4.26. The highest BCUT2D eigenvalue weighted by atomic mass is 16.7. The fourth-order valence-electron chi connectivity index (χ4n) is 9.33. The summed E-state index contributed by atoms with van der Waals surface area (Å²) in [6.07, 6.45) is 10.1.